The van der Waals surface area contributed by atoms with Crippen molar-refractivity contribution in [2.45, 2.75) is 27.7 Å². The van der Waals surface area contributed by atoms with Crippen LogP contribution in [0.3, 0.4) is 0 Å². The van der Waals surface area contributed by atoms with Gasteiger partial charge < -0.3 is 0 Å². The largest absolute Gasteiger partial charge is 0.299 e. The van der Waals surface area contributed by atoms with Gasteiger partial charge in [-0.2, -0.15) is 0 Å². The first-order valence-electron chi connectivity index (χ1n) is 3.11. The summed E-state index contributed by atoms with van der Waals surface area (Å²) >= 11 is 0. The minimum Gasteiger partial charge on any atom is -0.299 e. The van der Waals surface area contributed by atoms with Crippen molar-refractivity contribution in [3.05, 3.63) is 11.6 Å². The van der Waals surface area contributed by atoms with Crippen molar-refractivity contribution < 1.29 is 4.79 Å². The van der Waals surface area contributed by atoms with Crippen LogP contribution in [-0.2, 0) is 4.79 Å². The standard InChI is InChI=1S/C8H14O/c1-7(5-6-9)8(2,3)4/h5-6H,1-4H3/b7-5-. The van der Waals surface area contributed by atoms with Crippen molar-refractivity contribution in [2.75, 3.05) is 0 Å². The van der Waals surface area contributed by atoms with E-state index in [2.05, 4.69) is 20.8 Å². The average Bonchev–Trinajstić information content (AvgIpc) is 1.64. The lowest BCUT2D eigenvalue weighted by atomic mass is 9.88. The molecule has 0 atom stereocenters. The van der Waals surface area contributed by atoms with E-state index in [-0.39, 0.29) is 5.41 Å². The highest BCUT2D eigenvalue weighted by Crippen LogP contribution is 2.23. The number of rotatable bonds is 1. The van der Waals surface area contributed by atoms with Gasteiger partial charge in [-0.3, -0.25) is 4.79 Å². The van der Waals surface area contributed by atoms with Crippen molar-refractivity contribution >= 4 is 6.29 Å². The summed E-state index contributed by atoms with van der Waals surface area (Å²) in [5, 5.41) is 0. The Morgan fingerprint density at radius 3 is 1.89 bits per heavy atom. The Morgan fingerprint density at radius 2 is 1.78 bits per heavy atom. The van der Waals surface area contributed by atoms with Crippen LogP contribution in [0.25, 0.3) is 0 Å². The van der Waals surface area contributed by atoms with Crippen LogP contribution in [0, 0.1) is 5.41 Å². The van der Waals surface area contributed by atoms with Crippen LogP contribution in [0.4, 0.5) is 0 Å². The van der Waals surface area contributed by atoms with E-state index in [9.17, 15) is 4.79 Å². The zero-order valence-electron chi connectivity index (χ0n) is 6.56. The van der Waals surface area contributed by atoms with Crippen molar-refractivity contribution in [1.29, 1.82) is 0 Å². The Kier molecular flexibility index (Phi) is 2.63. The topological polar surface area (TPSA) is 17.1 Å². The summed E-state index contributed by atoms with van der Waals surface area (Å²) in [5.41, 5.74) is 1.26. The van der Waals surface area contributed by atoms with Crippen molar-refractivity contribution in [3.63, 3.8) is 0 Å². The van der Waals surface area contributed by atoms with Gasteiger partial charge in [-0.05, 0) is 18.4 Å². The van der Waals surface area contributed by atoms with Gasteiger partial charge in [0.1, 0.15) is 6.29 Å². The van der Waals surface area contributed by atoms with Crippen LogP contribution in [0.15, 0.2) is 11.6 Å². The molecule has 0 spiro atoms. The van der Waals surface area contributed by atoms with Crippen molar-refractivity contribution in [2.24, 2.45) is 5.41 Å². The maximum absolute atomic E-state index is 9.99. The van der Waals surface area contributed by atoms with Crippen molar-refractivity contribution in [1.82, 2.24) is 0 Å². The Morgan fingerprint density at radius 1 is 1.33 bits per heavy atom. The predicted molar refractivity (Wildman–Crippen MR) is 39.3 cm³/mol. The van der Waals surface area contributed by atoms with Gasteiger partial charge in [0, 0.05) is 0 Å². The second-order valence-corrected chi connectivity index (χ2v) is 3.24. The summed E-state index contributed by atoms with van der Waals surface area (Å²) in [6.45, 7) is 8.22. The smallest absolute Gasteiger partial charge is 0.142 e. The third-order valence-electron chi connectivity index (χ3n) is 1.50. The fourth-order valence-corrected chi connectivity index (χ4v) is 0.352. The molecule has 0 aliphatic rings. The first kappa shape index (κ1) is 8.41. The molecule has 0 N–H and O–H groups in total. The zero-order valence-corrected chi connectivity index (χ0v) is 6.56. The molecule has 0 aliphatic heterocycles. The Hall–Kier alpha value is -0.590. The molecule has 0 bridgehead atoms. The van der Waals surface area contributed by atoms with E-state index in [0.717, 1.165) is 11.9 Å². The number of carbonyl (C=O) groups is 1. The van der Waals surface area contributed by atoms with Crippen LogP contribution in [0.5, 0.6) is 0 Å². The molecule has 0 fully saturated rings. The van der Waals surface area contributed by atoms with Gasteiger partial charge in [0.2, 0.25) is 0 Å². The van der Waals surface area contributed by atoms with Crippen molar-refractivity contribution in [3.8, 4) is 0 Å². The quantitative estimate of drug-likeness (QED) is 0.389. The summed E-state index contributed by atoms with van der Waals surface area (Å²) in [6.07, 6.45) is 2.45. The normalized spacial score (nSPS) is 13.6. The Labute approximate surface area is 56.8 Å². The second kappa shape index (κ2) is 2.81. The number of allylic oxidation sites excluding steroid dienone is 2. The third-order valence-corrected chi connectivity index (χ3v) is 1.50. The second-order valence-electron chi connectivity index (χ2n) is 3.24. The van der Waals surface area contributed by atoms with E-state index < -0.39 is 0 Å². The molecule has 52 valence electrons. The molecular weight excluding hydrogens is 112 g/mol. The maximum atomic E-state index is 9.99. The number of aldehydes is 1. The van der Waals surface area contributed by atoms with E-state index in [0.29, 0.717) is 0 Å². The summed E-state index contributed by atoms with van der Waals surface area (Å²) in [5.74, 6) is 0. The van der Waals surface area contributed by atoms with E-state index in [1.54, 1.807) is 6.08 Å². The molecule has 0 radical (unpaired) electrons. The van der Waals surface area contributed by atoms with E-state index in [1.807, 2.05) is 6.92 Å². The molecule has 1 heteroatoms. The summed E-state index contributed by atoms with van der Waals surface area (Å²) < 4.78 is 0. The molecule has 0 saturated heterocycles. The number of carbonyl (C=O) groups excluding carboxylic acids is 1. The lowest BCUT2D eigenvalue weighted by Crippen LogP contribution is -2.06. The molecule has 0 aromatic rings. The first-order chi connectivity index (χ1) is 3.98. The first-order valence-corrected chi connectivity index (χ1v) is 3.11. The zero-order chi connectivity index (χ0) is 7.49. The van der Waals surface area contributed by atoms with E-state index >= 15 is 0 Å². The predicted octanol–water partition coefficient (Wildman–Crippen LogP) is 2.18. The van der Waals surface area contributed by atoms with Crippen LogP contribution in [0.1, 0.15) is 27.7 Å². The minimum absolute atomic E-state index is 0.140. The Bertz CT molecular complexity index is 126. The van der Waals surface area contributed by atoms with Crippen LogP contribution < -0.4 is 0 Å². The maximum Gasteiger partial charge on any atom is 0.142 e. The van der Waals surface area contributed by atoms with Gasteiger partial charge >= 0.3 is 0 Å². The molecule has 0 saturated carbocycles. The van der Waals surface area contributed by atoms with Crippen LogP contribution in [0.2, 0.25) is 0 Å². The minimum atomic E-state index is 0.140. The lowest BCUT2D eigenvalue weighted by Gasteiger charge is -2.18. The molecule has 0 amide bonds. The fourth-order valence-electron chi connectivity index (χ4n) is 0.352. The van der Waals surface area contributed by atoms with Crippen LogP contribution >= 0.6 is 0 Å². The van der Waals surface area contributed by atoms with Gasteiger partial charge in [-0.15, -0.1) is 0 Å². The lowest BCUT2D eigenvalue weighted by molar-refractivity contribution is -0.104. The summed E-state index contributed by atoms with van der Waals surface area (Å²) in [4.78, 5) is 9.99. The Balaban J connectivity index is 4.19. The van der Waals surface area contributed by atoms with Crippen LogP contribution in [-0.4, -0.2) is 6.29 Å². The van der Waals surface area contributed by atoms with Gasteiger partial charge in [0.05, 0.1) is 0 Å². The monoisotopic (exact) mass is 126 g/mol. The van der Waals surface area contributed by atoms with E-state index in [1.165, 1.54) is 0 Å². The molecule has 0 aromatic carbocycles. The molecular formula is C8H14O. The third kappa shape index (κ3) is 3.07. The van der Waals surface area contributed by atoms with Gasteiger partial charge in [0.15, 0.2) is 0 Å². The highest BCUT2D eigenvalue weighted by molar-refractivity contribution is 5.66. The summed E-state index contributed by atoms with van der Waals surface area (Å²) in [6, 6.07) is 0. The molecule has 0 heterocycles. The molecule has 0 rings (SSSR count). The molecule has 0 unspecified atom stereocenters. The molecule has 0 aliphatic carbocycles. The van der Waals surface area contributed by atoms with Gasteiger partial charge in [-0.1, -0.05) is 26.3 Å². The highest BCUT2D eigenvalue weighted by atomic mass is 16.1. The van der Waals surface area contributed by atoms with Gasteiger partial charge in [0.25, 0.3) is 0 Å². The number of hydrogen-bond acceptors (Lipinski definition) is 1. The molecule has 1 nitrogen and oxygen atoms in total. The van der Waals surface area contributed by atoms with E-state index in [4.69, 9.17) is 0 Å². The SMILES string of the molecule is C/C(=C/C=O)C(C)(C)C. The van der Waals surface area contributed by atoms with Gasteiger partial charge in [-0.25, -0.2) is 0 Å². The fraction of sp³-hybridized carbons (Fsp3) is 0.625. The summed E-state index contributed by atoms with van der Waals surface area (Å²) in [7, 11) is 0. The average molecular weight is 126 g/mol. The number of hydrogen-bond donors (Lipinski definition) is 0. The molecule has 9 heavy (non-hydrogen) atoms. The molecule has 0 aromatic heterocycles. The highest BCUT2D eigenvalue weighted by Gasteiger charge is 2.10.